The molecule has 0 unspecified atom stereocenters. The zero-order chi connectivity index (χ0) is 13.6. The molecule has 0 spiro atoms. The molecule has 0 radical (unpaired) electrons. The first-order chi connectivity index (χ1) is 8.42. The molecule has 0 atom stereocenters. The highest BCUT2D eigenvalue weighted by Crippen LogP contribution is 2.22. The van der Waals surface area contributed by atoms with Gasteiger partial charge >= 0.3 is 0 Å². The van der Waals surface area contributed by atoms with Crippen molar-refractivity contribution in [2.45, 2.75) is 46.1 Å². The summed E-state index contributed by atoms with van der Waals surface area (Å²) in [4.78, 5) is 0. The van der Waals surface area contributed by atoms with Gasteiger partial charge in [0.2, 0.25) is 0 Å². The number of hydrogen-bond acceptors (Lipinski definition) is 2. The maximum absolute atomic E-state index is 5.70. The van der Waals surface area contributed by atoms with Crippen LogP contribution in [0.15, 0.2) is 22.7 Å². The lowest BCUT2D eigenvalue weighted by molar-refractivity contribution is 0.00333. The third-order valence-corrected chi connectivity index (χ3v) is 3.03. The quantitative estimate of drug-likeness (QED) is 0.773. The van der Waals surface area contributed by atoms with E-state index in [2.05, 4.69) is 67.1 Å². The van der Waals surface area contributed by atoms with Crippen molar-refractivity contribution in [1.29, 1.82) is 0 Å². The number of anilines is 1. The summed E-state index contributed by atoms with van der Waals surface area (Å²) in [6.07, 6.45) is 2.26. The first-order valence-corrected chi connectivity index (χ1v) is 7.38. The highest BCUT2D eigenvalue weighted by molar-refractivity contribution is 9.10. The number of halogens is 1. The van der Waals surface area contributed by atoms with E-state index in [0.717, 1.165) is 30.5 Å². The highest BCUT2D eigenvalue weighted by Gasteiger charge is 2.09. The maximum Gasteiger partial charge on any atom is 0.0646 e. The van der Waals surface area contributed by atoms with Gasteiger partial charge in [-0.15, -0.1) is 0 Å². The normalized spacial score (nSPS) is 11.6. The standard InChI is InChI=1S/C15H24BrNO/c1-5-6-12-11-13(16)7-8-14(12)17-9-10-18-15(2,3)4/h7-8,11,17H,5-6,9-10H2,1-4H3. The minimum Gasteiger partial charge on any atom is -0.383 e. The summed E-state index contributed by atoms with van der Waals surface area (Å²) in [5.74, 6) is 0. The topological polar surface area (TPSA) is 21.3 Å². The molecule has 3 heteroatoms. The van der Waals surface area contributed by atoms with Gasteiger partial charge in [-0.25, -0.2) is 0 Å². The molecule has 1 N–H and O–H groups in total. The van der Waals surface area contributed by atoms with Gasteiger partial charge in [0, 0.05) is 16.7 Å². The van der Waals surface area contributed by atoms with Crippen LogP contribution in [0.4, 0.5) is 5.69 Å². The van der Waals surface area contributed by atoms with Gasteiger partial charge in [-0.3, -0.25) is 0 Å². The van der Waals surface area contributed by atoms with Crippen LogP contribution in [0, 0.1) is 0 Å². The van der Waals surface area contributed by atoms with Gasteiger partial charge in [-0.05, 0) is 51.0 Å². The molecule has 18 heavy (non-hydrogen) atoms. The second-order valence-electron chi connectivity index (χ2n) is 5.44. The first-order valence-electron chi connectivity index (χ1n) is 6.58. The van der Waals surface area contributed by atoms with E-state index >= 15 is 0 Å². The molecule has 0 aliphatic carbocycles. The summed E-state index contributed by atoms with van der Waals surface area (Å²) in [5, 5.41) is 3.45. The van der Waals surface area contributed by atoms with Gasteiger partial charge in [-0.1, -0.05) is 29.3 Å². The van der Waals surface area contributed by atoms with Crippen molar-refractivity contribution in [3.8, 4) is 0 Å². The summed E-state index contributed by atoms with van der Waals surface area (Å²) in [7, 11) is 0. The largest absolute Gasteiger partial charge is 0.383 e. The molecule has 0 aromatic heterocycles. The zero-order valence-corrected chi connectivity index (χ0v) is 13.4. The van der Waals surface area contributed by atoms with Gasteiger partial charge in [0.05, 0.1) is 12.2 Å². The maximum atomic E-state index is 5.70. The molecule has 0 aliphatic rings. The lowest BCUT2D eigenvalue weighted by Crippen LogP contribution is -2.23. The molecule has 0 heterocycles. The first kappa shape index (κ1) is 15.5. The number of ether oxygens (including phenoxy) is 1. The van der Waals surface area contributed by atoms with E-state index in [9.17, 15) is 0 Å². The Morgan fingerprint density at radius 1 is 1.28 bits per heavy atom. The Morgan fingerprint density at radius 3 is 2.61 bits per heavy atom. The van der Waals surface area contributed by atoms with Crippen LogP contribution in [0.1, 0.15) is 39.7 Å². The van der Waals surface area contributed by atoms with E-state index in [1.807, 2.05) is 0 Å². The Labute approximate surface area is 119 Å². The smallest absolute Gasteiger partial charge is 0.0646 e. The summed E-state index contributed by atoms with van der Waals surface area (Å²) < 4.78 is 6.84. The molecular formula is C15H24BrNO. The monoisotopic (exact) mass is 313 g/mol. The lowest BCUT2D eigenvalue weighted by atomic mass is 10.1. The van der Waals surface area contributed by atoms with Crippen molar-refractivity contribution in [1.82, 2.24) is 0 Å². The summed E-state index contributed by atoms with van der Waals surface area (Å²) in [6.45, 7) is 10.0. The fourth-order valence-electron chi connectivity index (χ4n) is 1.75. The van der Waals surface area contributed by atoms with Crippen LogP contribution in [0.5, 0.6) is 0 Å². The Kier molecular flexibility index (Phi) is 6.16. The van der Waals surface area contributed by atoms with Crippen molar-refractivity contribution in [2.24, 2.45) is 0 Å². The van der Waals surface area contributed by atoms with Gasteiger partial charge in [0.15, 0.2) is 0 Å². The molecule has 2 nitrogen and oxygen atoms in total. The minimum absolute atomic E-state index is 0.0619. The van der Waals surface area contributed by atoms with Crippen molar-refractivity contribution < 1.29 is 4.74 Å². The van der Waals surface area contributed by atoms with Gasteiger partial charge in [0.1, 0.15) is 0 Å². The van der Waals surface area contributed by atoms with E-state index in [0.29, 0.717) is 0 Å². The SMILES string of the molecule is CCCc1cc(Br)ccc1NCCOC(C)(C)C. The average Bonchev–Trinajstić information content (AvgIpc) is 2.26. The Hall–Kier alpha value is -0.540. The summed E-state index contributed by atoms with van der Waals surface area (Å²) in [6, 6.07) is 6.40. The van der Waals surface area contributed by atoms with Crippen LogP contribution in [0.25, 0.3) is 0 Å². The molecule has 1 aromatic rings. The molecule has 0 aliphatic heterocycles. The van der Waals surface area contributed by atoms with E-state index in [4.69, 9.17) is 4.74 Å². The number of nitrogens with one attached hydrogen (secondary N) is 1. The second-order valence-corrected chi connectivity index (χ2v) is 6.35. The minimum atomic E-state index is -0.0619. The molecule has 102 valence electrons. The lowest BCUT2D eigenvalue weighted by Gasteiger charge is -2.20. The number of hydrogen-bond donors (Lipinski definition) is 1. The molecule has 0 saturated heterocycles. The number of rotatable bonds is 6. The Morgan fingerprint density at radius 2 is 2.00 bits per heavy atom. The molecule has 0 fully saturated rings. The molecule has 0 saturated carbocycles. The average molecular weight is 314 g/mol. The molecule has 0 bridgehead atoms. The van der Waals surface area contributed by atoms with Crippen molar-refractivity contribution in [2.75, 3.05) is 18.5 Å². The number of aryl methyl sites for hydroxylation is 1. The van der Waals surface area contributed by atoms with Crippen molar-refractivity contribution >= 4 is 21.6 Å². The fourth-order valence-corrected chi connectivity index (χ4v) is 2.16. The fraction of sp³-hybridized carbons (Fsp3) is 0.600. The van der Waals surface area contributed by atoms with Gasteiger partial charge < -0.3 is 10.1 Å². The van der Waals surface area contributed by atoms with Crippen molar-refractivity contribution in [3.63, 3.8) is 0 Å². The Balaban J connectivity index is 2.51. The van der Waals surface area contributed by atoms with Crippen LogP contribution in [0.3, 0.4) is 0 Å². The highest BCUT2D eigenvalue weighted by atomic mass is 79.9. The van der Waals surface area contributed by atoms with Crippen LogP contribution in [0.2, 0.25) is 0 Å². The van der Waals surface area contributed by atoms with E-state index in [1.54, 1.807) is 0 Å². The number of benzene rings is 1. The Bertz CT molecular complexity index is 371. The third kappa shape index (κ3) is 5.87. The summed E-state index contributed by atoms with van der Waals surface area (Å²) in [5.41, 5.74) is 2.52. The van der Waals surface area contributed by atoms with Crippen LogP contribution in [-0.2, 0) is 11.2 Å². The predicted molar refractivity (Wildman–Crippen MR) is 82.3 cm³/mol. The summed E-state index contributed by atoms with van der Waals surface area (Å²) >= 11 is 3.52. The molecule has 0 amide bonds. The molecule has 1 aromatic carbocycles. The van der Waals surface area contributed by atoms with E-state index < -0.39 is 0 Å². The molecular weight excluding hydrogens is 290 g/mol. The van der Waals surface area contributed by atoms with Crippen molar-refractivity contribution in [3.05, 3.63) is 28.2 Å². The zero-order valence-electron chi connectivity index (χ0n) is 11.8. The third-order valence-electron chi connectivity index (χ3n) is 2.54. The van der Waals surface area contributed by atoms with E-state index in [-0.39, 0.29) is 5.60 Å². The van der Waals surface area contributed by atoms with Gasteiger partial charge in [-0.2, -0.15) is 0 Å². The molecule has 1 rings (SSSR count). The van der Waals surface area contributed by atoms with Crippen LogP contribution >= 0.6 is 15.9 Å². The van der Waals surface area contributed by atoms with Gasteiger partial charge in [0.25, 0.3) is 0 Å². The van der Waals surface area contributed by atoms with Crippen LogP contribution in [-0.4, -0.2) is 18.8 Å². The van der Waals surface area contributed by atoms with E-state index in [1.165, 1.54) is 11.3 Å². The second kappa shape index (κ2) is 7.15. The predicted octanol–water partition coefficient (Wildman–Crippen LogP) is 4.63. The van der Waals surface area contributed by atoms with Crippen LogP contribution < -0.4 is 5.32 Å².